The Morgan fingerprint density at radius 2 is 1.83 bits per heavy atom. The van der Waals surface area contributed by atoms with Crippen molar-refractivity contribution in [2.75, 3.05) is 24.2 Å². The fourth-order valence-corrected chi connectivity index (χ4v) is 8.15. The van der Waals surface area contributed by atoms with Gasteiger partial charge in [0.1, 0.15) is 23.1 Å². The zero-order chi connectivity index (χ0) is 38.6. The first-order valence-electron chi connectivity index (χ1n) is 18.8. The number of alkyl halides is 1. The van der Waals surface area contributed by atoms with E-state index in [4.69, 9.17) is 25.4 Å². The maximum Gasteiger partial charge on any atom is 0.419 e. The molecule has 4 fully saturated rings. The van der Waals surface area contributed by atoms with E-state index in [0.29, 0.717) is 61.4 Å². The van der Waals surface area contributed by atoms with E-state index in [2.05, 4.69) is 16.3 Å². The second-order valence-corrected chi connectivity index (χ2v) is 17.4. The first-order chi connectivity index (χ1) is 25.4. The topological polar surface area (TPSA) is 159 Å². The van der Waals surface area contributed by atoms with Crippen LogP contribution in [-0.2, 0) is 27.3 Å². The monoisotopic (exact) mass is 744 g/mol. The maximum absolute atomic E-state index is 14.5. The van der Waals surface area contributed by atoms with E-state index in [9.17, 15) is 14.0 Å². The molecule has 3 heterocycles. The van der Waals surface area contributed by atoms with Gasteiger partial charge >= 0.3 is 12.2 Å². The minimum Gasteiger partial charge on any atom is -0.444 e. The number of hydrogen-bond donors (Lipinski definition) is 5. The molecule has 1 saturated heterocycles. The van der Waals surface area contributed by atoms with Gasteiger partial charge in [-0.25, -0.2) is 18.5 Å². The van der Waals surface area contributed by atoms with Crippen LogP contribution in [-0.4, -0.2) is 69.1 Å². The molecule has 3 saturated carbocycles. The summed E-state index contributed by atoms with van der Waals surface area (Å²) >= 11 is 0. The highest BCUT2D eigenvalue weighted by Crippen LogP contribution is 2.69. The second-order valence-electron chi connectivity index (χ2n) is 17.4. The largest absolute Gasteiger partial charge is 0.444 e. The van der Waals surface area contributed by atoms with Gasteiger partial charge in [-0.15, -0.1) is 5.53 Å². The zero-order valence-electron chi connectivity index (χ0n) is 32.1. The molecule has 3 aliphatic carbocycles. The Morgan fingerprint density at radius 3 is 2.48 bits per heavy atom. The van der Waals surface area contributed by atoms with Gasteiger partial charge in [-0.3, -0.25) is 5.01 Å². The number of nitrogens with two attached hydrogens (primary N) is 1. The smallest absolute Gasteiger partial charge is 0.419 e. The number of hydrazine groups is 2. The molecule has 0 radical (unpaired) electrons. The Labute approximate surface area is 315 Å². The van der Waals surface area contributed by atoms with Crippen LogP contribution < -0.4 is 22.0 Å². The number of hydrogen-bond acceptors (Lipinski definition) is 11. The lowest BCUT2D eigenvalue weighted by atomic mass is 9.42. The quantitative estimate of drug-likeness (QED) is 0.105. The van der Waals surface area contributed by atoms with E-state index >= 15 is 0 Å². The molecule has 1 unspecified atom stereocenters. The van der Waals surface area contributed by atoms with E-state index in [1.807, 2.05) is 89.1 Å². The minimum absolute atomic E-state index is 0.0855. The molecule has 14 heteroatoms. The van der Waals surface area contributed by atoms with Crippen LogP contribution in [0, 0.1) is 10.8 Å². The van der Waals surface area contributed by atoms with Gasteiger partial charge in [0.2, 0.25) is 0 Å². The number of ether oxygens (including phenoxy) is 3. The summed E-state index contributed by atoms with van der Waals surface area (Å²) in [4.78, 5) is 29.1. The molecular formula is C40H53FN8O5. The molecule has 13 nitrogen and oxygen atoms in total. The predicted octanol–water partition coefficient (Wildman–Crippen LogP) is 7.40. The predicted molar refractivity (Wildman–Crippen MR) is 206 cm³/mol. The number of amides is 1. The fraction of sp³-hybridized carbons (Fsp3) is 0.525. The molecule has 2 aliphatic heterocycles. The van der Waals surface area contributed by atoms with Crippen LogP contribution in [0.25, 0.3) is 16.6 Å². The zero-order valence-corrected chi connectivity index (χ0v) is 32.1. The highest BCUT2D eigenvalue weighted by Gasteiger charge is 2.69. The lowest BCUT2D eigenvalue weighted by Gasteiger charge is -2.66. The van der Waals surface area contributed by atoms with Crippen molar-refractivity contribution in [3.8, 4) is 0 Å². The summed E-state index contributed by atoms with van der Waals surface area (Å²) in [7, 11) is 0. The molecule has 6 N–H and O–H groups in total. The van der Waals surface area contributed by atoms with Gasteiger partial charge in [-0.2, -0.15) is 0 Å². The van der Waals surface area contributed by atoms with Gasteiger partial charge in [-0.05, 0) is 115 Å². The lowest BCUT2D eigenvalue weighted by molar-refractivity contribution is -0.220. The molecule has 1 aromatic heterocycles. The number of aromatic nitrogens is 1. The van der Waals surface area contributed by atoms with Crippen molar-refractivity contribution in [2.24, 2.45) is 5.41 Å². The highest BCUT2D eigenvalue weighted by molar-refractivity contribution is 5.95. The number of benzene rings is 2. The maximum atomic E-state index is 14.5. The number of carbonyl (C=O) groups excluding carboxylic acids is 2. The standard InChI is InChI=1S/C40H53FN8O5/c1-37(2,3)53-35(50)47(24-39-21-40(41,22-39)23-39)19-28-14-26-11-10-25(13-33(26)49(28)36(51)54-38(4,5)6)18-48-20-32(45-46-48)29-15-27(43)16-31(30(29)17-42)44-34-9-7-8-12-52-34/h10-11,13-17,20,34,42,44-46H,7-9,12,18-19,21-24,43H2,1-6H3. The number of halogens is 1. The van der Waals surface area contributed by atoms with Crippen LogP contribution >= 0.6 is 0 Å². The second kappa shape index (κ2) is 13.8. The fourth-order valence-electron chi connectivity index (χ4n) is 8.15. The lowest BCUT2D eigenvalue weighted by Crippen LogP contribution is -2.68. The van der Waals surface area contributed by atoms with Crippen molar-refractivity contribution in [2.45, 2.75) is 116 Å². The molecular weight excluding hydrogens is 691 g/mol. The van der Waals surface area contributed by atoms with Crippen LogP contribution in [0.1, 0.15) is 102 Å². The van der Waals surface area contributed by atoms with Gasteiger partial charge < -0.3 is 41.0 Å². The van der Waals surface area contributed by atoms with E-state index in [-0.39, 0.29) is 18.2 Å². The minimum atomic E-state index is -1.11. The van der Waals surface area contributed by atoms with E-state index in [0.717, 1.165) is 47.2 Å². The summed E-state index contributed by atoms with van der Waals surface area (Å²) in [5, 5.41) is 14.3. The third-order valence-corrected chi connectivity index (χ3v) is 10.2. The first kappa shape index (κ1) is 37.5. The van der Waals surface area contributed by atoms with Crippen LogP contribution in [0.4, 0.5) is 25.4 Å². The highest BCUT2D eigenvalue weighted by atomic mass is 19.1. The van der Waals surface area contributed by atoms with Crippen molar-refractivity contribution in [1.82, 2.24) is 25.4 Å². The van der Waals surface area contributed by atoms with Gasteiger partial charge in [0.05, 0.1) is 24.3 Å². The van der Waals surface area contributed by atoms with Crippen molar-refractivity contribution < 1.29 is 28.2 Å². The summed E-state index contributed by atoms with van der Waals surface area (Å²) in [6.07, 6.45) is 6.30. The summed E-state index contributed by atoms with van der Waals surface area (Å²) in [6.45, 7) is 12.4. The molecule has 5 aliphatic rings. The first-order valence-corrected chi connectivity index (χ1v) is 18.8. The average molecular weight is 745 g/mol. The van der Waals surface area contributed by atoms with Crippen LogP contribution in [0.5, 0.6) is 0 Å². The molecule has 0 spiro atoms. The van der Waals surface area contributed by atoms with Gasteiger partial charge in [0.15, 0.2) is 0 Å². The van der Waals surface area contributed by atoms with Crippen molar-refractivity contribution >= 4 is 46.4 Å². The summed E-state index contributed by atoms with van der Waals surface area (Å²) in [6, 6.07) is 11.4. The average Bonchev–Trinajstić information content (AvgIpc) is 3.66. The Bertz CT molecular complexity index is 1970. The Hall–Kier alpha value is -4.82. The summed E-state index contributed by atoms with van der Waals surface area (Å²) < 4.78 is 33.6. The van der Waals surface area contributed by atoms with Gasteiger partial charge in [0, 0.05) is 59.1 Å². The van der Waals surface area contributed by atoms with Gasteiger partial charge in [0.25, 0.3) is 0 Å². The number of nitrogen functional groups attached to an aromatic ring is 1. The number of carbonyl (C=O) groups is 2. The normalized spacial score (nSPS) is 23.5. The summed E-state index contributed by atoms with van der Waals surface area (Å²) in [5.74, 6) is 0. The number of anilines is 2. The number of fused-ring (bicyclic) bond motifs is 1. The van der Waals surface area contributed by atoms with E-state index in [1.54, 1.807) is 4.90 Å². The molecule has 8 rings (SSSR count). The van der Waals surface area contributed by atoms with Crippen LogP contribution in [0.3, 0.4) is 0 Å². The van der Waals surface area contributed by atoms with E-state index < -0.39 is 29.1 Å². The van der Waals surface area contributed by atoms with Gasteiger partial charge in [-0.1, -0.05) is 12.1 Å². The number of nitrogens with one attached hydrogen (secondary N) is 4. The van der Waals surface area contributed by atoms with Crippen molar-refractivity contribution in [3.05, 3.63) is 65.0 Å². The summed E-state index contributed by atoms with van der Waals surface area (Å²) in [5.41, 5.74) is 15.4. The SMILES string of the molecule is CC(C)(C)OC(=O)N(Cc1cc2ccc(CN3C=C(c4cc(N)cc(NC5CCCCO5)c4C=N)NN3)cc2n1C(=O)OC(C)(C)C)CC12CC(F)(C1)C2. The molecule has 290 valence electrons. The Balaban J connectivity index is 1.16. The molecule has 1 atom stereocenters. The molecule has 54 heavy (non-hydrogen) atoms. The molecule has 2 aromatic carbocycles. The third-order valence-electron chi connectivity index (χ3n) is 10.2. The Morgan fingerprint density at radius 1 is 1.09 bits per heavy atom. The molecule has 3 aromatic rings. The molecule has 1 amide bonds. The van der Waals surface area contributed by atoms with Crippen LogP contribution in [0.2, 0.25) is 0 Å². The number of nitrogens with zero attached hydrogens (tertiary/aromatic N) is 3. The van der Waals surface area contributed by atoms with Crippen molar-refractivity contribution in [3.63, 3.8) is 0 Å². The van der Waals surface area contributed by atoms with Crippen molar-refractivity contribution in [1.29, 1.82) is 5.41 Å². The molecule has 2 bridgehead atoms. The number of rotatable bonds is 10. The Kier molecular flexibility index (Phi) is 9.58. The van der Waals surface area contributed by atoms with E-state index in [1.165, 1.54) is 10.8 Å². The van der Waals surface area contributed by atoms with Crippen LogP contribution in [0.15, 0.2) is 42.6 Å². The third kappa shape index (κ3) is 8.00.